The van der Waals surface area contributed by atoms with E-state index in [1.807, 2.05) is 45.0 Å². The van der Waals surface area contributed by atoms with E-state index in [9.17, 15) is 9.59 Å². The number of benzene rings is 1. The van der Waals surface area contributed by atoms with E-state index in [4.69, 9.17) is 4.74 Å². The molecule has 22 heavy (non-hydrogen) atoms. The van der Waals surface area contributed by atoms with Crippen LogP contribution in [-0.4, -0.2) is 35.0 Å². The lowest BCUT2D eigenvalue weighted by Crippen LogP contribution is -2.51. The molecule has 4 nitrogen and oxygen atoms in total. The monoisotopic (exact) mass is 367 g/mol. The number of rotatable bonds is 2. The van der Waals surface area contributed by atoms with Crippen LogP contribution in [-0.2, 0) is 16.0 Å². The summed E-state index contributed by atoms with van der Waals surface area (Å²) < 4.78 is 6.41. The number of Topliss-reactive ketones (excluding diaryl/α,β-unsaturated/α-hetero) is 1. The zero-order chi connectivity index (χ0) is 16.3. The maximum atomic E-state index is 12.4. The van der Waals surface area contributed by atoms with Crippen LogP contribution < -0.4 is 0 Å². The molecule has 1 aliphatic rings. The number of ketones is 1. The first-order valence-electron chi connectivity index (χ1n) is 7.53. The summed E-state index contributed by atoms with van der Waals surface area (Å²) in [6.07, 6.45) is 1.35. The SMILES string of the molecule is CC(C)(C)OC(=O)N1CCCC(=O)[C@@H]1Cc1cccc(Br)c1. The fourth-order valence-corrected chi connectivity index (χ4v) is 3.02. The predicted molar refractivity (Wildman–Crippen MR) is 88.8 cm³/mol. The first kappa shape index (κ1) is 17.0. The number of hydrogen-bond donors (Lipinski definition) is 0. The maximum absolute atomic E-state index is 12.4. The highest BCUT2D eigenvalue weighted by atomic mass is 79.9. The van der Waals surface area contributed by atoms with Gasteiger partial charge in [0.05, 0.1) is 6.04 Å². The number of hydrogen-bond acceptors (Lipinski definition) is 3. The van der Waals surface area contributed by atoms with Gasteiger partial charge in [0.15, 0.2) is 5.78 Å². The van der Waals surface area contributed by atoms with Gasteiger partial charge >= 0.3 is 6.09 Å². The van der Waals surface area contributed by atoms with Crippen molar-refractivity contribution < 1.29 is 14.3 Å². The van der Waals surface area contributed by atoms with Crippen molar-refractivity contribution in [3.8, 4) is 0 Å². The Morgan fingerprint density at radius 3 is 2.77 bits per heavy atom. The molecular formula is C17H22BrNO3. The smallest absolute Gasteiger partial charge is 0.410 e. The maximum Gasteiger partial charge on any atom is 0.410 e. The average molecular weight is 368 g/mol. The van der Waals surface area contributed by atoms with Crippen molar-refractivity contribution in [1.82, 2.24) is 4.90 Å². The lowest BCUT2D eigenvalue weighted by Gasteiger charge is -2.35. The molecule has 0 aliphatic carbocycles. The van der Waals surface area contributed by atoms with Gasteiger partial charge in [-0.05, 0) is 44.9 Å². The van der Waals surface area contributed by atoms with E-state index >= 15 is 0 Å². The van der Waals surface area contributed by atoms with Crippen molar-refractivity contribution in [3.05, 3.63) is 34.3 Å². The van der Waals surface area contributed by atoms with Gasteiger partial charge in [0, 0.05) is 23.9 Å². The Morgan fingerprint density at radius 2 is 2.14 bits per heavy atom. The molecule has 1 aromatic carbocycles. The summed E-state index contributed by atoms with van der Waals surface area (Å²) in [4.78, 5) is 26.3. The number of ether oxygens (including phenoxy) is 1. The summed E-state index contributed by atoms with van der Waals surface area (Å²) >= 11 is 3.44. The molecule has 0 bridgehead atoms. The minimum absolute atomic E-state index is 0.108. The second kappa shape index (κ2) is 6.82. The van der Waals surface area contributed by atoms with E-state index in [0.29, 0.717) is 25.8 Å². The highest BCUT2D eigenvalue weighted by Gasteiger charge is 2.35. The third kappa shape index (κ3) is 4.57. The first-order chi connectivity index (χ1) is 10.3. The van der Waals surface area contributed by atoms with E-state index in [1.54, 1.807) is 4.90 Å². The van der Waals surface area contributed by atoms with Gasteiger partial charge in [-0.25, -0.2) is 4.79 Å². The predicted octanol–water partition coefficient (Wildman–Crippen LogP) is 3.96. The second-order valence-electron chi connectivity index (χ2n) is 6.59. The van der Waals surface area contributed by atoms with Gasteiger partial charge in [-0.1, -0.05) is 28.1 Å². The van der Waals surface area contributed by atoms with Crippen LogP contribution in [0.25, 0.3) is 0 Å². The van der Waals surface area contributed by atoms with Gasteiger partial charge in [0.25, 0.3) is 0 Å². The summed E-state index contributed by atoms with van der Waals surface area (Å²) in [6, 6.07) is 7.40. The molecule has 1 aliphatic heterocycles. The topological polar surface area (TPSA) is 46.6 Å². The molecule has 120 valence electrons. The van der Waals surface area contributed by atoms with Crippen LogP contribution in [0.3, 0.4) is 0 Å². The summed E-state index contributed by atoms with van der Waals surface area (Å²) in [5.41, 5.74) is 0.473. The van der Waals surface area contributed by atoms with Crippen molar-refractivity contribution in [2.45, 2.75) is 51.7 Å². The number of likely N-dealkylation sites (tertiary alicyclic amines) is 1. The summed E-state index contributed by atoms with van der Waals surface area (Å²) in [6.45, 7) is 6.07. The van der Waals surface area contributed by atoms with E-state index in [0.717, 1.165) is 10.0 Å². The Kier molecular flexibility index (Phi) is 5.27. The van der Waals surface area contributed by atoms with Crippen molar-refractivity contribution in [3.63, 3.8) is 0 Å². The van der Waals surface area contributed by atoms with Gasteiger partial charge in [-0.3, -0.25) is 9.69 Å². The summed E-state index contributed by atoms with van der Waals surface area (Å²) in [5.74, 6) is 0.108. The third-order valence-corrected chi connectivity index (χ3v) is 4.01. The second-order valence-corrected chi connectivity index (χ2v) is 7.51. The van der Waals surface area contributed by atoms with Crippen LogP contribution in [0.5, 0.6) is 0 Å². The summed E-state index contributed by atoms with van der Waals surface area (Å²) in [5, 5.41) is 0. The molecule has 5 heteroatoms. The summed E-state index contributed by atoms with van der Waals surface area (Å²) in [7, 11) is 0. The fraction of sp³-hybridized carbons (Fsp3) is 0.529. The molecule has 1 atom stereocenters. The number of nitrogens with zero attached hydrogens (tertiary/aromatic N) is 1. The van der Waals surface area contributed by atoms with Gasteiger partial charge in [0.2, 0.25) is 0 Å². The number of amides is 1. The third-order valence-electron chi connectivity index (χ3n) is 3.52. The molecule has 1 fully saturated rings. The van der Waals surface area contributed by atoms with Gasteiger partial charge < -0.3 is 4.74 Å². The number of halogens is 1. The van der Waals surface area contributed by atoms with Crippen LogP contribution in [0.4, 0.5) is 4.79 Å². The normalized spacial score (nSPS) is 19.2. The van der Waals surface area contributed by atoms with Crippen LogP contribution in [0.1, 0.15) is 39.2 Å². The zero-order valence-corrected chi connectivity index (χ0v) is 14.9. The van der Waals surface area contributed by atoms with Crippen molar-refractivity contribution >= 4 is 27.8 Å². The molecule has 0 unspecified atom stereocenters. The van der Waals surface area contributed by atoms with Gasteiger partial charge in [-0.15, -0.1) is 0 Å². The molecule has 1 heterocycles. The first-order valence-corrected chi connectivity index (χ1v) is 8.32. The van der Waals surface area contributed by atoms with E-state index in [-0.39, 0.29) is 5.78 Å². The number of piperidine rings is 1. The van der Waals surface area contributed by atoms with Crippen molar-refractivity contribution in [2.24, 2.45) is 0 Å². The zero-order valence-electron chi connectivity index (χ0n) is 13.3. The Morgan fingerprint density at radius 1 is 1.41 bits per heavy atom. The molecule has 0 radical (unpaired) electrons. The largest absolute Gasteiger partial charge is 0.444 e. The Bertz CT molecular complexity index is 565. The highest BCUT2D eigenvalue weighted by Crippen LogP contribution is 2.22. The minimum Gasteiger partial charge on any atom is -0.444 e. The van der Waals surface area contributed by atoms with E-state index < -0.39 is 17.7 Å². The molecule has 0 N–H and O–H groups in total. The van der Waals surface area contributed by atoms with Gasteiger partial charge in [0.1, 0.15) is 5.60 Å². The molecule has 1 amide bonds. The Balaban J connectivity index is 2.16. The quantitative estimate of drug-likeness (QED) is 0.794. The molecule has 2 rings (SSSR count). The Labute approximate surface area is 140 Å². The van der Waals surface area contributed by atoms with Crippen molar-refractivity contribution in [2.75, 3.05) is 6.54 Å². The molecule has 1 aromatic rings. The van der Waals surface area contributed by atoms with Crippen LogP contribution in [0.2, 0.25) is 0 Å². The highest BCUT2D eigenvalue weighted by molar-refractivity contribution is 9.10. The van der Waals surface area contributed by atoms with Crippen LogP contribution >= 0.6 is 15.9 Å². The fourth-order valence-electron chi connectivity index (χ4n) is 2.57. The lowest BCUT2D eigenvalue weighted by atomic mass is 9.95. The average Bonchev–Trinajstić information content (AvgIpc) is 2.39. The van der Waals surface area contributed by atoms with E-state index in [1.165, 1.54) is 0 Å². The van der Waals surface area contributed by atoms with E-state index in [2.05, 4.69) is 15.9 Å². The van der Waals surface area contributed by atoms with Crippen LogP contribution in [0.15, 0.2) is 28.7 Å². The van der Waals surface area contributed by atoms with Crippen molar-refractivity contribution in [1.29, 1.82) is 0 Å². The number of carbonyl (C=O) groups excluding carboxylic acids is 2. The molecule has 0 aromatic heterocycles. The molecule has 0 spiro atoms. The molecule has 0 saturated carbocycles. The molecular weight excluding hydrogens is 346 g/mol. The van der Waals surface area contributed by atoms with Gasteiger partial charge in [-0.2, -0.15) is 0 Å². The molecule has 1 saturated heterocycles. The Hall–Kier alpha value is -1.36. The van der Waals surface area contributed by atoms with Crippen LogP contribution in [0, 0.1) is 0 Å². The number of carbonyl (C=O) groups is 2. The minimum atomic E-state index is -0.558. The standard InChI is InChI=1S/C17H22BrNO3/c1-17(2,3)22-16(21)19-9-5-8-15(20)14(19)11-12-6-4-7-13(18)10-12/h4,6-7,10,14H,5,8-9,11H2,1-3H3/t14-/m0/s1. The lowest BCUT2D eigenvalue weighted by molar-refractivity contribution is -0.126.